The molecular formula is C40H46F4N4O5. The third kappa shape index (κ3) is 9.23. The van der Waals surface area contributed by atoms with Crippen molar-refractivity contribution in [2.45, 2.75) is 89.6 Å². The number of benzene rings is 3. The average Bonchev–Trinajstić information content (AvgIpc) is 3.55. The number of ether oxygens (including phenoxy) is 3. The second-order valence-electron chi connectivity index (χ2n) is 15.2. The van der Waals surface area contributed by atoms with Crippen molar-refractivity contribution in [2.24, 2.45) is 5.92 Å². The Bertz CT molecular complexity index is 1930. The zero-order valence-electron chi connectivity index (χ0n) is 30.5. The summed E-state index contributed by atoms with van der Waals surface area (Å²) >= 11 is 0. The number of aromatic nitrogens is 2. The van der Waals surface area contributed by atoms with E-state index in [1.54, 1.807) is 29.2 Å². The SMILES string of the molecule is COc1ccc(COc2c(F)cc(C(=O)NCC3CCC(n4cc5ccc(CC6(F)CCN(C(=O)OC(C)(C)C)CC6)cc5n4)CC3)c(F)c2F)cc1. The molecule has 0 spiro atoms. The zero-order chi connectivity index (χ0) is 37.9. The molecule has 0 radical (unpaired) electrons. The number of fused-ring (bicyclic) bond motifs is 1. The summed E-state index contributed by atoms with van der Waals surface area (Å²) in [5.41, 5.74) is -0.525. The Morgan fingerprint density at radius 3 is 2.28 bits per heavy atom. The monoisotopic (exact) mass is 738 g/mol. The number of piperidine rings is 1. The van der Waals surface area contributed by atoms with E-state index < -0.39 is 52.0 Å². The summed E-state index contributed by atoms with van der Waals surface area (Å²) in [4.78, 5) is 26.8. The van der Waals surface area contributed by atoms with Gasteiger partial charge in [0.05, 0.1) is 24.2 Å². The van der Waals surface area contributed by atoms with Crippen molar-refractivity contribution in [1.29, 1.82) is 0 Å². The Kier molecular flexibility index (Phi) is 11.2. The molecule has 2 fully saturated rings. The summed E-state index contributed by atoms with van der Waals surface area (Å²) in [7, 11) is 1.51. The van der Waals surface area contributed by atoms with Gasteiger partial charge in [0.25, 0.3) is 5.91 Å². The van der Waals surface area contributed by atoms with Crippen LogP contribution in [0.4, 0.5) is 22.4 Å². The highest BCUT2D eigenvalue weighted by atomic mass is 19.2. The summed E-state index contributed by atoms with van der Waals surface area (Å²) in [6.45, 7) is 6.06. The minimum Gasteiger partial charge on any atom is -0.497 e. The number of rotatable bonds is 10. The van der Waals surface area contributed by atoms with Crippen LogP contribution in [0, 0.1) is 23.4 Å². The Morgan fingerprint density at radius 1 is 0.943 bits per heavy atom. The molecule has 1 saturated heterocycles. The smallest absolute Gasteiger partial charge is 0.410 e. The lowest BCUT2D eigenvalue weighted by Crippen LogP contribution is -2.47. The molecule has 53 heavy (non-hydrogen) atoms. The van der Waals surface area contributed by atoms with E-state index in [1.165, 1.54) is 7.11 Å². The highest BCUT2D eigenvalue weighted by Crippen LogP contribution is 2.35. The van der Waals surface area contributed by atoms with Crippen LogP contribution in [0.15, 0.2) is 54.7 Å². The standard InChI is InChI=1S/C40H46F4N4O5/c1-39(2,3)53-38(50)47-17-15-40(44,16-18-47)21-27-5-10-28-23-48(46-33(28)19-27)29-11-6-25(7-12-29)22-45-37(49)31-20-32(41)36(35(43)34(31)42)52-24-26-8-13-30(51-4)14-9-26/h5,8-10,13-14,19-20,23,25,29H,6-7,11-12,15-18,21-22,24H2,1-4H3,(H,45,49). The normalized spacial score (nSPS) is 18.8. The zero-order valence-corrected chi connectivity index (χ0v) is 30.5. The first-order chi connectivity index (χ1) is 25.2. The topological polar surface area (TPSA) is 94.9 Å². The summed E-state index contributed by atoms with van der Waals surface area (Å²) < 4.78 is 78.1. The Morgan fingerprint density at radius 2 is 1.62 bits per heavy atom. The highest BCUT2D eigenvalue weighted by Gasteiger charge is 2.37. The van der Waals surface area contributed by atoms with E-state index in [2.05, 4.69) is 5.32 Å². The number of hydrogen-bond donors (Lipinski definition) is 1. The highest BCUT2D eigenvalue weighted by molar-refractivity contribution is 5.94. The number of halogens is 4. The molecule has 1 aliphatic carbocycles. The van der Waals surface area contributed by atoms with Gasteiger partial charge >= 0.3 is 6.09 Å². The molecule has 9 nitrogen and oxygen atoms in total. The first kappa shape index (κ1) is 37.9. The fraction of sp³-hybridized carbons (Fsp3) is 0.475. The molecule has 0 unspecified atom stereocenters. The van der Waals surface area contributed by atoms with Gasteiger partial charge < -0.3 is 24.4 Å². The predicted molar refractivity (Wildman–Crippen MR) is 191 cm³/mol. The molecule has 1 saturated carbocycles. The first-order valence-electron chi connectivity index (χ1n) is 18.1. The van der Waals surface area contributed by atoms with Gasteiger partial charge in [-0.05, 0) is 101 Å². The molecule has 284 valence electrons. The van der Waals surface area contributed by atoms with Crippen LogP contribution >= 0.6 is 0 Å². The lowest BCUT2D eigenvalue weighted by molar-refractivity contribution is 0.00338. The molecule has 0 atom stereocenters. The van der Waals surface area contributed by atoms with E-state index in [0.717, 1.165) is 42.1 Å². The van der Waals surface area contributed by atoms with E-state index in [-0.39, 0.29) is 44.4 Å². The van der Waals surface area contributed by atoms with E-state index in [4.69, 9.17) is 19.3 Å². The van der Waals surface area contributed by atoms with Crippen LogP contribution in [0.25, 0.3) is 10.9 Å². The summed E-state index contributed by atoms with van der Waals surface area (Å²) in [5.74, 6) is -5.31. The molecule has 2 heterocycles. The van der Waals surface area contributed by atoms with E-state index in [9.17, 15) is 22.8 Å². The fourth-order valence-corrected chi connectivity index (χ4v) is 7.04. The van der Waals surface area contributed by atoms with Crippen molar-refractivity contribution < 1.29 is 41.4 Å². The number of amides is 2. The van der Waals surface area contributed by atoms with Crippen LogP contribution < -0.4 is 14.8 Å². The summed E-state index contributed by atoms with van der Waals surface area (Å²) in [6, 6.07) is 13.2. The van der Waals surface area contributed by atoms with Crippen LogP contribution in [-0.2, 0) is 17.8 Å². The lowest BCUT2D eigenvalue weighted by atomic mass is 9.86. The van der Waals surface area contributed by atoms with Crippen molar-refractivity contribution in [3.05, 3.63) is 88.9 Å². The second kappa shape index (κ2) is 15.7. The predicted octanol–water partition coefficient (Wildman–Crippen LogP) is 8.48. The van der Waals surface area contributed by atoms with E-state index >= 15 is 4.39 Å². The number of carbonyl (C=O) groups is 2. The minimum absolute atomic E-state index is 0.0964. The van der Waals surface area contributed by atoms with Crippen molar-refractivity contribution in [2.75, 3.05) is 26.7 Å². The van der Waals surface area contributed by atoms with Gasteiger partial charge in [0.2, 0.25) is 5.82 Å². The third-order valence-corrected chi connectivity index (χ3v) is 10.1. The van der Waals surface area contributed by atoms with Gasteiger partial charge in [-0.3, -0.25) is 9.48 Å². The summed E-state index contributed by atoms with van der Waals surface area (Å²) in [6.07, 6.45) is 5.40. The van der Waals surface area contributed by atoms with Crippen molar-refractivity contribution >= 4 is 22.9 Å². The summed E-state index contributed by atoms with van der Waals surface area (Å²) in [5, 5.41) is 8.42. The molecule has 3 aromatic carbocycles. The maximum Gasteiger partial charge on any atom is 0.410 e. The molecule has 1 N–H and O–H groups in total. The van der Waals surface area contributed by atoms with Gasteiger partial charge in [-0.25, -0.2) is 18.0 Å². The molecule has 0 bridgehead atoms. The Labute approximate surface area is 306 Å². The number of alkyl halides is 1. The van der Waals surface area contributed by atoms with Gasteiger partial charge in [-0.1, -0.05) is 24.3 Å². The Balaban J connectivity index is 0.982. The lowest BCUT2D eigenvalue weighted by Gasteiger charge is -2.37. The van der Waals surface area contributed by atoms with Gasteiger partial charge in [-0.15, -0.1) is 0 Å². The largest absolute Gasteiger partial charge is 0.497 e. The number of hydrogen-bond acceptors (Lipinski definition) is 6. The maximum atomic E-state index is 15.9. The number of methoxy groups -OCH3 is 1. The molecule has 4 aromatic rings. The van der Waals surface area contributed by atoms with Crippen molar-refractivity contribution in [1.82, 2.24) is 20.0 Å². The Hall–Kier alpha value is -4.81. The molecule has 6 rings (SSSR count). The van der Waals surface area contributed by atoms with Gasteiger partial charge in [0.1, 0.15) is 23.6 Å². The van der Waals surface area contributed by atoms with E-state index in [0.29, 0.717) is 30.5 Å². The van der Waals surface area contributed by atoms with Crippen molar-refractivity contribution in [3.63, 3.8) is 0 Å². The van der Waals surface area contributed by atoms with Crippen LogP contribution in [0.2, 0.25) is 0 Å². The van der Waals surface area contributed by atoms with Crippen LogP contribution in [-0.4, -0.2) is 64.7 Å². The number of nitrogens with zero attached hydrogens (tertiary/aromatic N) is 3. The van der Waals surface area contributed by atoms with Crippen LogP contribution in [0.5, 0.6) is 11.5 Å². The van der Waals surface area contributed by atoms with Gasteiger partial charge in [0.15, 0.2) is 17.4 Å². The average molecular weight is 739 g/mol. The van der Waals surface area contributed by atoms with Crippen LogP contribution in [0.3, 0.4) is 0 Å². The number of nitrogens with one attached hydrogen (secondary N) is 1. The molecule has 13 heteroatoms. The molecular weight excluding hydrogens is 692 g/mol. The molecule has 1 aromatic heterocycles. The number of likely N-dealkylation sites (tertiary alicyclic amines) is 1. The second-order valence-corrected chi connectivity index (χ2v) is 15.2. The van der Waals surface area contributed by atoms with Crippen LogP contribution in [0.1, 0.15) is 86.8 Å². The maximum absolute atomic E-state index is 15.9. The minimum atomic E-state index is -1.56. The van der Waals surface area contributed by atoms with Gasteiger partial charge in [0, 0.05) is 37.6 Å². The molecule has 2 amide bonds. The number of carbonyl (C=O) groups excluding carboxylic acids is 2. The quantitative estimate of drug-likeness (QED) is 0.130. The third-order valence-electron chi connectivity index (χ3n) is 10.1. The molecule has 1 aliphatic heterocycles. The van der Waals surface area contributed by atoms with Gasteiger partial charge in [-0.2, -0.15) is 9.49 Å². The van der Waals surface area contributed by atoms with E-state index in [1.807, 2.05) is 49.8 Å². The molecule has 2 aliphatic rings. The first-order valence-corrected chi connectivity index (χ1v) is 18.1. The fourth-order valence-electron chi connectivity index (χ4n) is 7.04. The van der Waals surface area contributed by atoms with Crippen molar-refractivity contribution in [3.8, 4) is 11.5 Å².